The van der Waals surface area contributed by atoms with Crippen molar-refractivity contribution < 1.29 is 0 Å². The van der Waals surface area contributed by atoms with Gasteiger partial charge in [0.25, 0.3) is 0 Å². The SMILES string of the molecule is CCNC(=NCC(C)c1cccc(C)c1)NCCCCn1ccnc1C. The normalized spacial score (nSPS) is 12.8. The molecule has 0 aliphatic heterocycles. The second-order valence-electron chi connectivity index (χ2n) is 6.84. The minimum atomic E-state index is 0.412. The Morgan fingerprint density at radius 3 is 2.77 bits per heavy atom. The standard InChI is InChI=1S/C21H33N5/c1-5-22-21(24-11-6-7-13-26-14-12-23-19(26)4)25-16-18(3)20-10-8-9-17(2)15-20/h8-10,12,14-15,18H,5-7,11,13,16H2,1-4H3,(H2,22,24,25). The summed E-state index contributed by atoms with van der Waals surface area (Å²) in [6.07, 6.45) is 6.14. The highest BCUT2D eigenvalue weighted by Crippen LogP contribution is 2.16. The molecule has 0 spiro atoms. The van der Waals surface area contributed by atoms with Crippen LogP contribution in [-0.4, -0.2) is 35.1 Å². The average molecular weight is 356 g/mol. The van der Waals surface area contributed by atoms with Crippen LogP contribution in [0.15, 0.2) is 41.7 Å². The fraction of sp³-hybridized carbons (Fsp3) is 0.524. The molecular formula is C21H33N5. The minimum absolute atomic E-state index is 0.412. The second kappa shape index (κ2) is 10.6. The van der Waals surface area contributed by atoms with Crippen molar-refractivity contribution in [1.29, 1.82) is 0 Å². The molecule has 0 aliphatic rings. The van der Waals surface area contributed by atoms with E-state index in [0.29, 0.717) is 5.92 Å². The zero-order chi connectivity index (χ0) is 18.8. The van der Waals surface area contributed by atoms with Gasteiger partial charge >= 0.3 is 0 Å². The van der Waals surface area contributed by atoms with Crippen LogP contribution in [0.1, 0.15) is 49.6 Å². The van der Waals surface area contributed by atoms with Gasteiger partial charge in [0.15, 0.2) is 5.96 Å². The number of guanidine groups is 1. The van der Waals surface area contributed by atoms with E-state index in [1.165, 1.54) is 11.1 Å². The molecule has 142 valence electrons. The van der Waals surface area contributed by atoms with Crippen molar-refractivity contribution in [3.63, 3.8) is 0 Å². The molecule has 2 rings (SSSR count). The molecule has 1 atom stereocenters. The van der Waals surface area contributed by atoms with Gasteiger partial charge in [-0.1, -0.05) is 36.8 Å². The van der Waals surface area contributed by atoms with Crippen LogP contribution in [0.5, 0.6) is 0 Å². The van der Waals surface area contributed by atoms with Gasteiger partial charge in [-0.2, -0.15) is 0 Å². The van der Waals surface area contributed by atoms with Crippen LogP contribution in [0.3, 0.4) is 0 Å². The lowest BCUT2D eigenvalue weighted by Crippen LogP contribution is -2.38. The monoisotopic (exact) mass is 355 g/mol. The highest BCUT2D eigenvalue weighted by molar-refractivity contribution is 5.79. The Hall–Kier alpha value is -2.30. The summed E-state index contributed by atoms with van der Waals surface area (Å²) in [6.45, 7) is 12.1. The number of nitrogens with one attached hydrogen (secondary N) is 2. The van der Waals surface area contributed by atoms with Crippen LogP contribution < -0.4 is 10.6 Å². The van der Waals surface area contributed by atoms with E-state index in [1.54, 1.807) is 0 Å². The van der Waals surface area contributed by atoms with Crippen LogP contribution in [0.25, 0.3) is 0 Å². The first-order valence-electron chi connectivity index (χ1n) is 9.66. The quantitative estimate of drug-likeness (QED) is 0.410. The molecule has 5 nitrogen and oxygen atoms in total. The van der Waals surface area contributed by atoms with E-state index in [9.17, 15) is 0 Å². The molecule has 0 saturated carbocycles. The topological polar surface area (TPSA) is 54.2 Å². The molecule has 0 saturated heterocycles. The second-order valence-corrected chi connectivity index (χ2v) is 6.84. The van der Waals surface area contributed by atoms with Gasteiger partial charge in [-0.05, 0) is 39.2 Å². The maximum atomic E-state index is 4.76. The van der Waals surface area contributed by atoms with E-state index in [0.717, 1.165) is 50.8 Å². The minimum Gasteiger partial charge on any atom is -0.357 e. The molecule has 0 amide bonds. The maximum absolute atomic E-state index is 4.76. The molecule has 1 unspecified atom stereocenters. The molecule has 2 N–H and O–H groups in total. The number of hydrogen-bond donors (Lipinski definition) is 2. The molecule has 2 aromatic rings. The molecule has 0 aliphatic carbocycles. The molecule has 0 fully saturated rings. The Morgan fingerprint density at radius 1 is 1.23 bits per heavy atom. The van der Waals surface area contributed by atoms with Gasteiger partial charge in [0.1, 0.15) is 5.82 Å². The Bertz CT molecular complexity index is 689. The van der Waals surface area contributed by atoms with Crippen LogP contribution in [-0.2, 0) is 6.54 Å². The number of aryl methyl sites for hydroxylation is 3. The van der Waals surface area contributed by atoms with Gasteiger partial charge in [-0.3, -0.25) is 4.99 Å². The number of benzene rings is 1. The third kappa shape index (κ3) is 6.54. The Kier molecular flexibility index (Phi) is 8.19. The number of aromatic nitrogens is 2. The number of aliphatic imine (C=N–C) groups is 1. The highest BCUT2D eigenvalue weighted by atomic mass is 15.2. The summed E-state index contributed by atoms with van der Waals surface area (Å²) in [7, 11) is 0. The van der Waals surface area contributed by atoms with Crippen LogP contribution in [0.2, 0.25) is 0 Å². The highest BCUT2D eigenvalue weighted by Gasteiger charge is 2.06. The van der Waals surface area contributed by atoms with E-state index in [2.05, 4.69) is 65.2 Å². The predicted octanol–water partition coefficient (Wildman–Crippen LogP) is 3.64. The number of nitrogens with zero attached hydrogens (tertiary/aromatic N) is 3. The number of rotatable bonds is 9. The summed E-state index contributed by atoms with van der Waals surface area (Å²) in [4.78, 5) is 9.02. The van der Waals surface area contributed by atoms with Gasteiger partial charge in [0, 0.05) is 44.5 Å². The van der Waals surface area contributed by atoms with E-state index in [4.69, 9.17) is 4.99 Å². The van der Waals surface area contributed by atoms with Gasteiger partial charge < -0.3 is 15.2 Å². The zero-order valence-electron chi connectivity index (χ0n) is 16.6. The largest absolute Gasteiger partial charge is 0.357 e. The fourth-order valence-electron chi connectivity index (χ4n) is 2.91. The van der Waals surface area contributed by atoms with E-state index >= 15 is 0 Å². The van der Waals surface area contributed by atoms with Crippen molar-refractivity contribution in [3.8, 4) is 0 Å². The Balaban J connectivity index is 1.76. The molecule has 1 aromatic heterocycles. The average Bonchev–Trinajstić information content (AvgIpc) is 3.04. The van der Waals surface area contributed by atoms with Crippen molar-refractivity contribution in [2.45, 2.75) is 53.0 Å². The summed E-state index contributed by atoms with van der Waals surface area (Å²) in [5.41, 5.74) is 2.65. The summed E-state index contributed by atoms with van der Waals surface area (Å²) in [5.74, 6) is 2.40. The number of imidazole rings is 1. The maximum Gasteiger partial charge on any atom is 0.191 e. The number of hydrogen-bond acceptors (Lipinski definition) is 2. The third-order valence-corrected chi connectivity index (χ3v) is 4.52. The van der Waals surface area contributed by atoms with Crippen molar-refractivity contribution in [3.05, 3.63) is 53.6 Å². The lowest BCUT2D eigenvalue weighted by molar-refractivity contribution is 0.588. The summed E-state index contributed by atoms with van der Waals surface area (Å²) >= 11 is 0. The first-order chi connectivity index (χ1) is 12.6. The van der Waals surface area contributed by atoms with E-state index < -0.39 is 0 Å². The summed E-state index contributed by atoms with van der Waals surface area (Å²) in [5, 5.41) is 6.79. The van der Waals surface area contributed by atoms with Crippen LogP contribution >= 0.6 is 0 Å². The smallest absolute Gasteiger partial charge is 0.191 e. The van der Waals surface area contributed by atoms with E-state index in [1.807, 2.05) is 19.3 Å². The van der Waals surface area contributed by atoms with Crippen molar-refractivity contribution in [2.24, 2.45) is 4.99 Å². The van der Waals surface area contributed by atoms with Gasteiger partial charge in [0.2, 0.25) is 0 Å². The first kappa shape index (κ1) is 20.0. The first-order valence-corrected chi connectivity index (χ1v) is 9.66. The van der Waals surface area contributed by atoms with E-state index in [-0.39, 0.29) is 0 Å². The van der Waals surface area contributed by atoms with Crippen LogP contribution in [0.4, 0.5) is 0 Å². The molecule has 1 aromatic carbocycles. The molecule has 0 radical (unpaired) electrons. The fourth-order valence-corrected chi connectivity index (χ4v) is 2.91. The van der Waals surface area contributed by atoms with Crippen molar-refractivity contribution >= 4 is 5.96 Å². The van der Waals surface area contributed by atoms with Gasteiger partial charge in [-0.25, -0.2) is 4.98 Å². The molecule has 26 heavy (non-hydrogen) atoms. The lowest BCUT2D eigenvalue weighted by atomic mass is 10.00. The van der Waals surface area contributed by atoms with Crippen molar-refractivity contribution in [2.75, 3.05) is 19.6 Å². The zero-order valence-corrected chi connectivity index (χ0v) is 16.6. The Morgan fingerprint density at radius 2 is 2.08 bits per heavy atom. The molecular weight excluding hydrogens is 322 g/mol. The third-order valence-electron chi connectivity index (χ3n) is 4.52. The predicted molar refractivity (Wildman–Crippen MR) is 110 cm³/mol. The van der Waals surface area contributed by atoms with Crippen LogP contribution in [0, 0.1) is 13.8 Å². The van der Waals surface area contributed by atoms with Gasteiger partial charge in [-0.15, -0.1) is 0 Å². The molecule has 0 bridgehead atoms. The Labute approximate surface area is 158 Å². The number of unbranched alkanes of at least 4 members (excludes halogenated alkanes) is 1. The molecule has 1 heterocycles. The lowest BCUT2D eigenvalue weighted by Gasteiger charge is -2.14. The van der Waals surface area contributed by atoms with Crippen molar-refractivity contribution in [1.82, 2.24) is 20.2 Å². The molecule has 5 heteroatoms. The summed E-state index contributed by atoms with van der Waals surface area (Å²) in [6, 6.07) is 8.69. The van der Waals surface area contributed by atoms with Gasteiger partial charge in [0.05, 0.1) is 0 Å². The summed E-state index contributed by atoms with van der Waals surface area (Å²) < 4.78 is 2.20.